The molecule has 0 amide bonds. The number of alkyl halides is 3. The Morgan fingerprint density at radius 3 is 2.45 bits per heavy atom. The van der Waals surface area contributed by atoms with E-state index in [1.54, 1.807) is 0 Å². The quantitative estimate of drug-likeness (QED) is 0.824. The fourth-order valence-corrected chi connectivity index (χ4v) is 2.99. The van der Waals surface area contributed by atoms with Gasteiger partial charge in [0.1, 0.15) is 4.88 Å². The molecule has 8 heteroatoms. The molecule has 0 saturated heterocycles. The van der Waals surface area contributed by atoms with Gasteiger partial charge in [0.05, 0.1) is 11.3 Å². The molecule has 1 aromatic heterocycles. The van der Waals surface area contributed by atoms with Crippen molar-refractivity contribution in [2.75, 3.05) is 5.73 Å². The number of carboxylic acid groups (broad SMARTS) is 1. The highest BCUT2D eigenvalue weighted by atomic mass is 79.9. The first-order valence-corrected chi connectivity index (χ1v) is 6.81. The molecule has 3 N–H and O–H groups in total. The third kappa shape index (κ3) is 2.80. The highest BCUT2D eigenvalue weighted by molar-refractivity contribution is 9.10. The number of rotatable bonds is 2. The molecule has 0 atom stereocenters. The van der Waals surface area contributed by atoms with Crippen LogP contribution in [0.4, 0.5) is 18.9 Å². The molecular weight excluding hydrogens is 359 g/mol. The van der Waals surface area contributed by atoms with Gasteiger partial charge in [0.25, 0.3) is 0 Å². The summed E-state index contributed by atoms with van der Waals surface area (Å²) in [5.74, 6) is -1.26. The SMILES string of the molecule is Nc1cc(-c2ccc(Br)cc2C(F)(F)F)sc1C(=O)O. The van der Waals surface area contributed by atoms with Gasteiger partial charge < -0.3 is 10.8 Å². The molecule has 0 aliphatic heterocycles. The predicted octanol–water partition coefficient (Wildman–Crippen LogP) is 4.48. The highest BCUT2D eigenvalue weighted by Gasteiger charge is 2.34. The third-order valence-electron chi connectivity index (χ3n) is 2.51. The van der Waals surface area contributed by atoms with Crippen LogP contribution in [-0.4, -0.2) is 11.1 Å². The summed E-state index contributed by atoms with van der Waals surface area (Å²) in [6, 6.07) is 4.93. The molecule has 0 bridgehead atoms. The first kappa shape index (κ1) is 14.9. The maximum absolute atomic E-state index is 13.0. The van der Waals surface area contributed by atoms with Gasteiger partial charge in [-0.2, -0.15) is 13.2 Å². The van der Waals surface area contributed by atoms with Crippen molar-refractivity contribution in [1.29, 1.82) is 0 Å². The zero-order chi connectivity index (χ0) is 15.1. The van der Waals surface area contributed by atoms with Crippen molar-refractivity contribution in [3.8, 4) is 10.4 Å². The minimum atomic E-state index is -4.54. The van der Waals surface area contributed by atoms with Gasteiger partial charge in [-0.05, 0) is 18.2 Å². The second-order valence-electron chi connectivity index (χ2n) is 3.89. The molecule has 0 radical (unpaired) electrons. The summed E-state index contributed by atoms with van der Waals surface area (Å²) in [5.41, 5.74) is 4.52. The third-order valence-corrected chi connectivity index (χ3v) is 4.17. The number of anilines is 1. The van der Waals surface area contributed by atoms with E-state index < -0.39 is 17.7 Å². The van der Waals surface area contributed by atoms with Crippen molar-refractivity contribution in [1.82, 2.24) is 0 Å². The van der Waals surface area contributed by atoms with Crippen LogP contribution in [0.15, 0.2) is 28.7 Å². The van der Waals surface area contributed by atoms with E-state index in [9.17, 15) is 18.0 Å². The van der Waals surface area contributed by atoms with Gasteiger partial charge in [0.2, 0.25) is 0 Å². The topological polar surface area (TPSA) is 63.3 Å². The molecular formula is C12H7BrF3NO2S. The first-order chi connectivity index (χ1) is 9.20. The van der Waals surface area contributed by atoms with E-state index in [1.165, 1.54) is 18.2 Å². The van der Waals surface area contributed by atoms with E-state index in [1.807, 2.05) is 0 Å². The normalized spacial score (nSPS) is 11.6. The van der Waals surface area contributed by atoms with Gasteiger partial charge in [0.15, 0.2) is 0 Å². The Labute approximate surface area is 124 Å². The number of aromatic carboxylic acids is 1. The fraction of sp³-hybridized carbons (Fsp3) is 0.0833. The van der Waals surface area contributed by atoms with Crippen LogP contribution in [0.25, 0.3) is 10.4 Å². The largest absolute Gasteiger partial charge is 0.477 e. The average Bonchev–Trinajstić information content (AvgIpc) is 2.70. The Morgan fingerprint density at radius 2 is 1.95 bits per heavy atom. The van der Waals surface area contributed by atoms with Crippen molar-refractivity contribution in [3.05, 3.63) is 39.2 Å². The maximum Gasteiger partial charge on any atom is 0.417 e. The standard InChI is InChI=1S/C12H7BrF3NO2S/c13-5-1-2-6(7(3-5)12(14,15)16)9-4-8(17)10(20-9)11(18)19/h1-4H,17H2,(H,18,19). The van der Waals surface area contributed by atoms with Gasteiger partial charge in [-0.15, -0.1) is 11.3 Å². The van der Waals surface area contributed by atoms with E-state index in [0.29, 0.717) is 11.3 Å². The van der Waals surface area contributed by atoms with Crippen molar-refractivity contribution in [2.45, 2.75) is 6.18 Å². The molecule has 0 spiro atoms. The second-order valence-corrected chi connectivity index (χ2v) is 5.86. The van der Waals surface area contributed by atoms with Crippen LogP contribution >= 0.6 is 27.3 Å². The Morgan fingerprint density at radius 1 is 1.30 bits per heavy atom. The Balaban J connectivity index is 2.64. The monoisotopic (exact) mass is 365 g/mol. The molecule has 1 heterocycles. The summed E-state index contributed by atoms with van der Waals surface area (Å²) in [4.78, 5) is 10.9. The number of thiophene rings is 1. The molecule has 2 rings (SSSR count). The summed E-state index contributed by atoms with van der Waals surface area (Å²) in [7, 11) is 0. The molecule has 0 aliphatic rings. The molecule has 3 nitrogen and oxygen atoms in total. The summed E-state index contributed by atoms with van der Waals surface area (Å²) in [6.45, 7) is 0. The second kappa shape index (κ2) is 5.10. The lowest BCUT2D eigenvalue weighted by atomic mass is 10.1. The number of carbonyl (C=O) groups is 1. The predicted molar refractivity (Wildman–Crippen MR) is 73.8 cm³/mol. The van der Waals surface area contributed by atoms with Gasteiger partial charge >= 0.3 is 12.1 Å². The molecule has 0 saturated carbocycles. The number of hydrogen-bond acceptors (Lipinski definition) is 3. The zero-order valence-corrected chi connectivity index (χ0v) is 12.1. The molecule has 2 aromatic rings. The van der Waals surface area contributed by atoms with Crippen LogP contribution in [0, 0.1) is 0 Å². The van der Waals surface area contributed by atoms with Gasteiger partial charge in [0, 0.05) is 14.9 Å². The number of nitrogens with two attached hydrogens (primary N) is 1. The first-order valence-electron chi connectivity index (χ1n) is 5.20. The van der Waals surface area contributed by atoms with E-state index in [4.69, 9.17) is 10.8 Å². The minimum Gasteiger partial charge on any atom is -0.477 e. The van der Waals surface area contributed by atoms with Crippen LogP contribution in [-0.2, 0) is 6.18 Å². The van der Waals surface area contributed by atoms with Crippen LogP contribution in [0.1, 0.15) is 15.2 Å². The number of nitrogen functional groups attached to an aromatic ring is 1. The molecule has 1 aromatic carbocycles. The molecule has 0 fully saturated rings. The van der Waals surface area contributed by atoms with Gasteiger partial charge in [-0.3, -0.25) is 0 Å². The summed E-state index contributed by atoms with van der Waals surface area (Å²) >= 11 is 3.71. The Hall–Kier alpha value is -1.54. The smallest absolute Gasteiger partial charge is 0.417 e. The molecule has 106 valence electrons. The molecule has 20 heavy (non-hydrogen) atoms. The Kier molecular flexibility index (Phi) is 3.79. The highest BCUT2D eigenvalue weighted by Crippen LogP contribution is 2.42. The van der Waals surface area contributed by atoms with Crippen molar-refractivity contribution in [3.63, 3.8) is 0 Å². The minimum absolute atomic E-state index is 0.0476. The summed E-state index contributed by atoms with van der Waals surface area (Å²) in [5, 5.41) is 8.90. The van der Waals surface area contributed by atoms with E-state index >= 15 is 0 Å². The lowest BCUT2D eigenvalue weighted by Gasteiger charge is -2.12. The summed E-state index contributed by atoms with van der Waals surface area (Å²) < 4.78 is 39.3. The molecule has 0 aliphatic carbocycles. The lowest BCUT2D eigenvalue weighted by molar-refractivity contribution is -0.137. The van der Waals surface area contributed by atoms with Crippen molar-refractivity contribution in [2.24, 2.45) is 0 Å². The average molecular weight is 366 g/mol. The van der Waals surface area contributed by atoms with Gasteiger partial charge in [-0.25, -0.2) is 4.79 Å². The number of carboxylic acids is 1. The van der Waals surface area contributed by atoms with Crippen LogP contribution in [0.2, 0.25) is 0 Å². The maximum atomic E-state index is 13.0. The number of hydrogen-bond donors (Lipinski definition) is 2. The van der Waals surface area contributed by atoms with Crippen LogP contribution in [0.5, 0.6) is 0 Å². The van der Waals surface area contributed by atoms with Gasteiger partial charge in [-0.1, -0.05) is 22.0 Å². The van der Waals surface area contributed by atoms with E-state index in [0.717, 1.165) is 6.07 Å². The zero-order valence-electron chi connectivity index (χ0n) is 9.66. The van der Waals surface area contributed by atoms with Crippen molar-refractivity contribution >= 4 is 38.9 Å². The van der Waals surface area contributed by atoms with Crippen LogP contribution < -0.4 is 5.73 Å². The van der Waals surface area contributed by atoms with Crippen LogP contribution in [0.3, 0.4) is 0 Å². The summed E-state index contributed by atoms with van der Waals surface area (Å²) in [6.07, 6.45) is -4.54. The molecule has 0 unspecified atom stereocenters. The van der Waals surface area contributed by atoms with E-state index in [2.05, 4.69) is 15.9 Å². The van der Waals surface area contributed by atoms with Crippen molar-refractivity contribution < 1.29 is 23.1 Å². The fourth-order valence-electron chi connectivity index (χ4n) is 1.67. The van der Waals surface area contributed by atoms with E-state index in [-0.39, 0.29) is 25.5 Å². The number of halogens is 4. The Bertz CT molecular complexity index is 682. The number of benzene rings is 1. The lowest BCUT2D eigenvalue weighted by Crippen LogP contribution is -2.06.